The number of halogens is 2. The van der Waals surface area contributed by atoms with Crippen molar-refractivity contribution in [2.24, 2.45) is 0 Å². The van der Waals surface area contributed by atoms with E-state index in [4.69, 9.17) is 23.2 Å². The van der Waals surface area contributed by atoms with Gasteiger partial charge in [-0.25, -0.2) is 9.78 Å². The van der Waals surface area contributed by atoms with E-state index in [1.54, 1.807) is 5.51 Å². The van der Waals surface area contributed by atoms with E-state index >= 15 is 0 Å². The zero-order valence-electron chi connectivity index (χ0n) is 15.7. The van der Waals surface area contributed by atoms with Gasteiger partial charge in [0, 0.05) is 24.0 Å². The molecule has 0 spiro atoms. The Morgan fingerprint density at radius 3 is 2.67 bits per heavy atom. The molecule has 2 amide bonds. The maximum absolute atomic E-state index is 12.7. The van der Waals surface area contributed by atoms with E-state index in [0.717, 1.165) is 42.8 Å². The molecule has 146 valence electrons. The number of carbonyl (C=O) groups is 1. The largest absolute Gasteiger partial charge is 0.331 e. The zero-order valence-corrected chi connectivity index (χ0v) is 18.0. The summed E-state index contributed by atoms with van der Waals surface area (Å²) in [7, 11) is 3.97. The van der Waals surface area contributed by atoms with Gasteiger partial charge in [0.2, 0.25) is 0 Å². The lowest BCUT2D eigenvalue weighted by atomic mass is 10.0. The first-order valence-electron chi connectivity index (χ1n) is 8.96. The Hall–Kier alpha value is -1.34. The molecular formula is C19H24Cl2N4OS. The fourth-order valence-corrected chi connectivity index (χ4v) is 4.50. The molecular weight excluding hydrogens is 403 g/mol. The van der Waals surface area contributed by atoms with Crippen molar-refractivity contribution in [3.63, 3.8) is 0 Å². The van der Waals surface area contributed by atoms with Crippen molar-refractivity contribution in [1.29, 1.82) is 0 Å². The fourth-order valence-electron chi connectivity index (χ4n) is 3.36. The quantitative estimate of drug-likeness (QED) is 0.754. The van der Waals surface area contributed by atoms with E-state index < -0.39 is 0 Å². The first kappa shape index (κ1) is 20.4. The van der Waals surface area contributed by atoms with E-state index in [0.29, 0.717) is 10.0 Å². The van der Waals surface area contributed by atoms with Gasteiger partial charge in [-0.1, -0.05) is 35.3 Å². The predicted molar refractivity (Wildman–Crippen MR) is 113 cm³/mol. The predicted octanol–water partition coefficient (Wildman–Crippen LogP) is 4.91. The van der Waals surface area contributed by atoms with Gasteiger partial charge in [-0.3, -0.25) is 0 Å². The molecule has 1 aromatic heterocycles. The van der Waals surface area contributed by atoms with E-state index in [-0.39, 0.29) is 18.1 Å². The highest BCUT2D eigenvalue weighted by Gasteiger charge is 2.25. The second kappa shape index (κ2) is 8.78. The minimum Gasteiger partial charge on any atom is -0.331 e. The minimum absolute atomic E-state index is 0.0900. The molecule has 1 unspecified atom stereocenters. The van der Waals surface area contributed by atoms with Crippen LogP contribution >= 0.6 is 34.5 Å². The van der Waals surface area contributed by atoms with Crippen molar-refractivity contribution in [2.75, 3.05) is 27.2 Å². The molecule has 0 aliphatic carbocycles. The van der Waals surface area contributed by atoms with Crippen molar-refractivity contribution >= 4 is 40.6 Å². The summed E-state index contributed by atoms with van der Waals surface area (Å²) in [6.07, 6.45) is 1.98. The van der Waals surface area contributed by atoms with Gasteiger partial charge in [0.05, 0.1) is 27.3 Å². The maximum Gasteiger partial charge on any atom is 0.317 e. The van der Waals surface area contributed by atoms with Gasteiger partial charge in [-0.2, -0.15) is 0 Å². The summed E-state index contributed by atoms with van der Waals surface area (Å²) in [6, 6.07) is 3.73. The second-order valence-electron chi connectivity index (χ2n) is 7.02. The van der Waals surface area contributed by atoms with Crippen molar-refractivity contribution in [3.05, 3.63) is 38.6 Å². The number of piperidine rings is 1. The van der Waals surface area contributed by atoms with Gasteiger partial charge in [0.1, 0.15) is 0 Å². The van der Waals surface area contributed by atoms with Gasteiger partial charge >= 0.3 is 6.03 Å². The number of urea groups is 1. The van der Waals surface area contributed by atoms with Gasteiger partial charge < -0.3 is 15.1 Å². The fraction of sp³-hybridized carbons (Fsp3) is 0.474. The molecule has 27 heavy (non-hydrogen) atoms. The molecule has 1 aliphatic rings. The SMILES string of the molecule is CC(NC(=O)N(C)C1CCN(C)CC1)c1ccc(-c2cscn2)c(Cl)c1Cl. The van der Waals surface area contributed by atoms with E-state index in [1.807, 2.05) is 36.4 Å². The Morgan fingerprint density at radius 2 is 2.04 bits per heavy atom. The van der Waals surface area contributed by atoms with Gasteiger partial charge in [-0.05, 0) is 45.5 Å². The topological polar surface area (TPSA) is 48.5 Å². The lowest BCUT2D eigenvalue weighted by molar-refractivity contribution is 0.146. The monoisotopic (exact) mass is 426 g/mol. The van der Waals surface area contributed by atoms with Gasteiger partial charge in [0.15, 0.2) is 0 Å². The molecule has 0 saturated carbocycles. The second-order valence-corrected chi connectivity index (χ2v) is 8.50. The van der Waals surface area contributed by atoms with Crippen LogP contribution in [0.3, 0.4) is 0 Å². The van der Waals surface area contributed by atoms with Crippen LogP contribution in [0.5, 0.6) is 0 Å². The highest BCUT2D eigenvalue weighted by molar-refractivity contribution is 7.07. The Bertz CT molecular complexity index is 791. The maximum atomic E-state index is 12.7. The van der Waals surface area contributed by atoms with Gasteiger partial charge in [0.25, 0.3) is 0 Å². The summed E-state index contributed by atoms with van der Waals surface area (Å²) < 4.78 is 0. The summed E-state index contributed by atoms with van der Waals surface area (Å²) in [5.74, 6) is 0. The van der Waals surface area contributed by atoms with Crippen LogP contribution in [0.1, 0.15) is 31.4 Å². The molecule has 2 heterocycles. The molecule has 1 atom stereocenters. The molecule has 1 saturated heterocycles. The molecule has 0 radical (unpaired) electrons. The summed E-state index contributed by atoms with van der Waals surface area (Å²) in [6.45, 7) is 3.94. The number of aromatic nitrogens is 1. The van der Waals surface area contributed by atoms with Crippen LogP contribution in [0, 0.1) is 0 Å². The summed E-state index contributed by atoms with van der Waals surface area (Å²) in [4.78, 5) is 21.1. The first-order chi connectivity index (χ1) is 12.9. The Balaban J connectivity index is 1.69. The van der Waals surface area contributed by atoms with Crippen LogP contribution in [0.15, 0.2) is 23.0 Å². The van der Waals surface area contributed by atoms with Crippen LogP contribution < -0.4 is 5.32 Å². The average molecular weight is 427 g/mol. The highest BCUT2D eigenvalue weighted by atomic mass is 35.5. The Kier molecular flexibility index (Phi) is 6.63. The number of hydrogen-bond donors (Lipinski definition) is 1. The number of benzene rings is 1. The molecule has 1 fully saturated rings. The average Bonchev–Trinajstić information content (AvgIpc) is 3.18. The molecule has 3 rings (SSSR count). The van der Waals surface area contributed by atoms with Crippen LogP contribution in [0.2, 0.25) is 10.0 Å². The molecule has 1 N–H and O–H groups in total. The van der Waals surface area contributed by atoms with Crippen LogP contribution in [-0.2, 0) is 0 Å². The molecule has 1 aromatic carbocycles. The Labute approximate surface area is 174 Å². The van der Waals surface area contributed by atoms with Crippen molar-refractivity contribution in [1.82, 2.24) is 20.1 Å². The number of thiazole rings is 1. The standard InChI is InChI=1S/C19H24Cl2N4OS/c1-12(23-19(26)25(3)13-6-8-24(2)9-7-13)14-4-5-15(18(21)17(14)20)16-10-27-11-22-16/h4-5,10-13H,6-9H2,1-3H3,(H,23,26). The normalized spacial score (nSPS) is 16.9. The molecule has 8 heteroatoms. The first-order valence-corrected chi connectivity index (χ1v) is 10.7. The zero-order chi connectivity index (χ0) is 19.6. The van der Waals surface area contributed by atoms with Crippen molar-refractivity contribution < 1.29 is 4.79 Å². The smallest absolute Gasteiger partial charge is 0.317 e. The summed E-state index contributed by atoms with van der Waals surface area (Å²) in [5, 5.41) is 5.89. The summed E-state index contributed by atoms with van der Waals surface area (Å²) in [5.41, 5.74) is 4.16. The number of nitrogens with one attached hydrogen (secondary N) is 1. The van der Waals surface area contributed by atoms with Crippen LogP contribution in [-0.4, -0.2) is 54.0 Å². The molecule has 0 bridgehead atoms. The lowest BCUT2D eigenvalue weighted by Crippen LogP contribution is -2.48. The number of hydrogen-bond acceptors (Lipinski definition) is 4. The number of likely N-dealkylation sites (tertiary alicyclic amines) is 1. The van der Waals surface area contributed by atoms with Gasteiger partial charge in [-0.15, -0.1) is 11.3 Å². The Morgan fingerprint density at radius 1 is 1.33 bits per heavy atom. The minimum atomic E-state index is -0.249. The van der Waals surface area contributed by atoms with E-state index in [2.05, 4.69) is 22.2 Å². The lowest BCUT2D eigenvalue weighted by Gasteiger charge is -2.35. The van der Waals surface area contributed by atoms with Crippen molar-refractivity contribution in [3.8, 4) is 11.3 Å². The van der Waals surface area contributed by atoms with E-state index in [9.17, 15) is 4.79 Å². The third-order valence-electron chi connectivity index (χ3n) is 5.18. The van der Waals surface area contributed by atoms with Crippen LogP contribution in [0.25, 0.3) is 11.3 Å². The van der Waals surface area contributed by atoms with Crippen LogP contribution in [0.4, 0.5) is 4.79 Å². The van der Waals surface area contributed by atoms with E-state index in [1.165, 1.54) is 11.3 Å². The van der Waals surface area contributed by atoms with Crippen molar-refractivity contribution in [2.45, 2.75) is 31.8 Å². The number of amides is 2. The number of nitrogens with zero attached hydrogens (tertiary/aromatic N) is 3. The third kappa shape index (κ3) is 4.57. The third-order valence-corrected chi connectivity index (χ3v) is 6.67. The highest BCUT2D eigenvalue weighted by Crippen LogP contribution is 2.37. The number of carbonyl (C=O) groups excluding carboxylic acids is 1. The molecule has 1 aliphatic heterocycles. The summed E-state index contributed by atoms with van der Waals surface area (Å²) >= 11 is 14.5. The molecule has 5 nitrogen and oxygen atoms in total. The molecule has 2 aromatic rings. The number of rotatable bonds is 4.